The molecule has 0 N–H and O–H groups in total. The minimum absolute atomic E-state index is 0.0374. The molecule has 1 heterocycles. The monoisotopic (exact) mass is 248 g/mol. The van der Waals surface area contributed by atoms with Crippen LogP contribution in [-0.2, 0) is 4.74 Å². The van der Waals surface area contributed by atoms with Gasteiger partial charge in [-0.05, 0) is 0 Å². The number of carbonyl (C=O) groups excluding carboxylic acids is 1. The SMILES string of the molecule is C[Si](C)(C)/C=[N+]1\C(=O)OCC1c1ccccc1. The molecular formula is C13H18NO2Si+. The van der Waals surface area contributed by atoms with Crippen molar-refractivity contribution in [1.82, 2.24) is 0 Å². The Labute approximate surface area is 103 Å². The molecule has 1 fully saturated rings. The molecule has 1 aliphatic heterocycles. The van der Waals surface area contributed by atoms with Crippen LogP contribution in [-0.4, -0.2) is 31.2 Å². The van der Waals surface area contributed by atoms with Gasteiger partial charge in [0.1, 0.15) is 13.9 Å². The number of hydrogen-bond acceptors (Lipinski definition) is 2. The summed E-state index contributed by atoms with van der Waals surface area (Å²) in [6, 6.07) is 10.1. The van der Waals surface area contributed by atoms with Crippen LogP contribution < -0.4 is 0 Å². The molecule has 0 aliphatic carbocycles. The van der Waals surface area contributed by atoms with E-state index in [0.29, 0.717) is 6.61 Å². The number of carbonyl (C=O) groups is 1. The summed E-state index contributed by atoms with van der Waals surface area (Å²) in [6.45, 7) is 7.08. The summed E-state index contributed by atoms with van der Waals surface area (Å²) >= 11 is 0. The smallest absolute Gasteiger partial charge is 0.404 e. The molecule has 4 heteroatoms. The predicted octanol–water partition coefficient (Wildman–Crippen LogP) is 2.84. The van der Waals surface area contributed by atoms with E-state index in [4.69, 9.17) is 4.74 Å². The maximum Gasteiger partial charge on any atom is 0.596 e. The number of amides is 1. The highest BCUT2D eigenvalue weighted by Crippen LogP contribution is 2.23. The summed E-state index contributed by atoms with van der Waals surface area (Å²) in [5.41, 5.74) is 1.13. The summed E-state index contributed by atoms with van der Waals surface area (Å²) in [5, 5.41) is 0. The largest absolute Gasteiger partial charge is 0.596 e. The average Bonchev–Trinajstić information content (AvgIpc) is 2.60. The summed E-state index contributed by atoms with van der Waals surface area (Å²) in [5.74, 6) is 2.08. The van der Waals surface area contributed by atoms with E-state index in [2.05, 4.69) is 25.5 Å². The van der Waals surface area contributed by atoms with E-state index < -0.39 is 8.07 Å². The normalized spacial score (nSPS) is 22.9. The lowest BCUT2D eigenvalue weighted by atomic mass is 10.1. The molecule has 1 saturated heterocycles. The van der Waals surface area contributed by atoms with Gasteiger partial charge in [0, 0.05) is 5.56 Å². The minimum Gasteiger partial charge on any atom is -0.404 e. The zero-order valence-electron chi connectivity index (χ0n) is 10.5. The number of cyclic esters (lactones) is 1. The quantitative estimate of drug-likeness (QED) is 0.595. The van der Waals surface area contributed by atoms with Crippen LogP contribution in [0.3, 0.4) is 0 Å². The molecule has 17 heavy (non-hydrogen) atoms. The molecule has 3 nitrogen and oxygen atoms in total. The van der Waals surface area contributed by atoms with Crippen LogP contribution in [0.2, 0.25) is 19.6 Å². The van der Waals surface area contributed by atoms with Crippen molar-refractivity contribution in [3.63, 3.8) is 0 Å². The summed E-state index contributed by atoms with van der Waals surface area (Å²) in [4.78, 5) is 11.7. The molecular weight excluding hydrogens is 230 g/mol. The van der Waals surface area contributed by atoms with Crippen molar-refractivity contribution in [2.45, 2.75) is 25.7 Å². The Balaban J connectivity index is 2.36. The van der Waals surface area contributed by atoms with Gasteiger partial charge in [-0.15, -0.1) is 4.58 Å². The first-order chi connectivity index (χ1) is 7.97. The standard InChI is InChI=1S/C13H18NO2Si/c1-17(2,3)10-14-12(9-16-13(14)15)11-7-5-4-6-8-11/h4-8,10,12H,9H2,1-3H3/q+1/b14-10-. The fourth-order valence-electron chi connectivity index (χ4n) is 1.92. The van der Waals surface area contributed by atoms with Crippen molar-refractivity contribution in [3.05, 3.63) is 35.9 Å². The van der Waals surface area contributed by atoms with Crippen molar-refractivity contribution < 1.29 is 14.1 Å². The second-order valence-electron chi connectivity index (χ2n) is 5.41. The van der Waals surface area contributed by atoms with E-state index in [1.54, 1.807) is 4.58 Å². The molecule has 0 spiro atoms. The first-order valence-electron chi connectivity index (χ1n) is 5.83. The van der Waals surface area contributed by atoms with Crippen molar-refractivity contribution >= 4 is 20.0 Å². The average molecular weight is 248 g/mol. The Hall–Kier alpha value is -1.42. The molecule has 90 valence electrons. The third-order valence-electron chi connectivity index (χ3n) is 2.62. The summed E-state index contributed by atoms with van der Waals surface area (Å²) in [6.07, 6.45) is -0.221. The number of hydrogen-bond donors (Lipinski definition) is 0. The van der Waals surface area contributed by atoms with Gasteiger partial charge < -0.3 is 4.74 Å². The number of nitrogens with zero attached hydrogens (tertiary/aromatic N) is 1. The third kappa shape index (κ3) is 2.82. The lowest BCUT2D eigenvalue weighted by Gasteiger charge is -2.08. The lowest BCUT2D eigenvalue weighted by molar-refractivity contribution is -0.454. The molecule has 0 aromatic heterocycles. The molecule has 1 aromatic rings. The van der Waals surface area contributed by atoms with Crippen molar-refractivity contribution in [2.24, 2.45) is 0 Å². The van der Waals surface area contributed by atoms with Crippen LogP contribution in [0, 0.1) is 0 Å². The van der Waals surface area contributed by atoms with Crippen LogP contribution in [0.25, 0.3) is 0 Å². The van der Waals surface area contributed by atoms with Crippen molar-refractivity contribution in [1.29, 1.82) is 0 Å². The Kier molecular flexibility index (Phi) is 3.15. The molecule has 0 saturated carbocycles. The highest BCUT2D eigenvalue weighted by Gasteiger charge is 2.41. The molecule has 2 rings (SSSR count). The van der Waals surface area contributed by atoms with Crippen LogP contribution in [0.5, 0.6) is 0 Å². The molecule has 0 bridgehead atoms. The number of ether oxygens (including phenoxy) is 1. The zero-order chi connectivity index (χ0) is 12.5. The van der Waals surface area contributed by atoms with Crippen molar-refractivity contribution in [2.75, 3.05) is 6.61 Å². The van der Waals surface area contributed by atoms with E-state index >= 15 is 0 Å². The number of benzene rings is 1. The molecule has 1 amide bonds. The van der Waals surface area contributed by atoms with E-state index in [9.17, 15) is 4.79 Å². The Bertz CT molecular complexity index is 448. The second kappa shape index (κ2) is 4.45. The van der Waals surface area contributed by atoms with Crippen LogP contribution in [0.4, 0.5) is 4.79 Å². The van der Waals surface area contributed by atoms with Gasteiger partial charge >= 0.3 is 6.09 Å². The van der Waals surface area contributed by atoms with E-state index in [0.717, 1.165) is 5.56 Å². The zero-order valence-corrected chi connectivity index (χ0v) is 11.5. The molecule has 0 radical (unpaired) electrons. The highest BCUT2D eigenvalue weighted by atomic mass is 28.3. The van der Waals surface area contributed by atoms with Crippen molar-refractivity contribution in [3.8, 4) is 0 Å². The van der Waals surface area contributed by atoms with Crippen LogP contribution >= 0.6 is 0 Å². The van der Waals surface area contributed by atoms with Gasteiger partial charge in [0.05, 0.1) is 0 Å². The molecule has 1 atom stereocenters. The Morgan fingerprint density at radius 3 is 2.53 bits per heavy atom. The molecule has 1 aliphatic rings. The summed E-state index contributed by atoms with van der Waals surface area (Å²) in [7, 11) is -1.44. The minimum atomic E-state index is -1.44. The van der Waals surface area contributed by atoms with Gasteiger partial charge in [0.15, 0.2) is 6.61 Å². The van der Waals surface area contributed by atoms with Gasteiger partial charge in [0.25, 0.3) is 0 Å². The first kappa shape index (κ1) is 12.0. The van der Waals surface area contributed by atoms with Gasteiger partial charge in [-0.1, -0.05) is 50.0 Å². The summed E-state index contributed by atoms with van der Waals surface area (Å²) < 4.78 is 6.92. The third-order valence-corrected chi connectivity index (χ3v) is 3.67. The highest BCUT2D eigenvalue weighted by molar-refractivity contribution is 6.98. The number of rotatable bonds is 2. The van der Waals surface area contributed by atoms with Gasteiger partial charge in [-0.2, -0.15) is 4.79 Å². The predicted molar refractivity (Wildman–Crippen MR) is 70.2 cm³/mol. The lowest BCUT2D eigenvalue weighted by Crippen LogP contribution is -2.32. The van der Waals surface area contributed by atoms with E-state index in [1.165, 1.54) is 0 Å². The maximum absolute atomic E-state index is 11.7. The maximum atomic E-state index is 11.7. The van der Waals surface area contributed by atoms with Gasteiger partial charge in [-0.25, -0.2) is 0 Å². The fourth-order valence-corrected chi connectivity index (χ4v) is 3.04. The Morgan fingerprint density at radius 1 is 1.29 bits per heavy atom. The van der Waals surface area contributed by atoms with E-state index in [-0.39, 0.29) is 12.1 Å². The fraction of sp³-hybridized carbons (Fsp3) is 0.385. The first-order valence-corrected chi connectivity index (χ1v) is 9.41. The molecule has 1 unspecified atom stereocenters. The molecule has 1 aromatic carbocycles. The Morgan fingerprint density at radius 2 is 1.94 bits per heavy atom. The van der Waals surface area contributed by atoms with Crippen LogP contribution in [0.15, 0.2) is 30.3 Å². The van der Waals surface area contributed by atoms with Crippen LogP contribution in [0.1, 0.15) is 11.6 Å². The second-order valence-corrected chi connectivity index (χ2v) is 10.4. The topological polar surface area (TPSA) is 29.3 Å². The van der Waals surface area contributed by atoms with E-state index in [1.807, 2.05) is 30.3 Å². The van der Waals surface area contributed by atoms with Gasteiger partial charge in [0.2, 0.25) is 6.04 Å². The van der Waals surface area contributed by atoms with Gasteiger partial charge in [-0.3, -0.25) is 0 Å².